The first kappa shape index (κ1) is 10.8. The molecule has 0 saturated heterocycles. The number of nitrogens with zero attached hydrogens (tertiary/aromatic N) is 2. The van der Waals surface area contributed by atoms with Gasteiger partial charge in [0.1, 0.15) is 0 Å². The number of aromatic nitrogens is 4. The van der Waals surface area contributed by atoms with Crippen LogP contribution in [-0.4, -0.2) is 19.7 Å². The van der Waals surface area contributed by atoms with Gasteiger partial charge in [-0.05, 0) is 30.8 Å². The summed E-state index contributed by atoms with van der Waals surface area (Å²) in [6.45, 7) is 2.80. The van der Waals surface area contributed by atoms with Crippen LogP contribution < -0.4 is 5.56 Å². The van der Waals surface area contributed by atoms with Crippen LogP contribution in [0.15, 0.2) is 23.1 Å². The maximum absolute atomic E-state index is 11.6. The number of aromatic amines is 2. The molecule has 16 heavy (non-hydrogen) atoms. The average molecular weight is 236 g/mol. The van der Waals surface area contributed by atoms with E-state index in [1.165, 1.54) is 0 Å². The zero-order chi connectivity index (χ0) is 11.5. The van der Waals surface area contributed by atoms with Crippen LogP contribution in [0.4, 0.5) is 0 Å². The minimum atomic E-state index is -0.158. The highest BCUT2D eigenvalue weighted by molar-refractivity contribution is 7.71. The summed E-state index contributed by atoms with van der Waals surface area (Å²) in [5.74, 6) is 0.591. The largest absolute Gasteiger partial charge is 0.328 e. The monoisotopic (exact) mass is 236 g/mol. The second kappa shape index (κ2) is 4.44. The van der Waals surface area contributed by atoms with E-state index in [1.807, 2.05) is 11.5 Å². The maximum Gasteiger partial charge on any atom is 0.259 e. The molecular weight excluding hydrogens is 224 g/mol. The van der Waals surface area contributed by atoms with E-state index in [2.05, 4.69) is 15.2 Å². The van der Waals surface area contributed by atoms with Crippen molar-refractivity contribution in [1.82, 2.24) is 19.7 Å². The Bertz CT molecular complexity index is 595. The Morgan fingerprint density at radius 2 is 2.38 bits per heavy atom. The molecule has 0 aliphatic rings. The predicted octanol–water partition coefficient (Wildman–Crippen LogP) is 1.71. The van der Waals surface area contributed by atoms with Crippen LogP contribution in [0.1, 0.15) is 13.3 Å². The van der Waals surface area contributed by atoms with Crippen LogP contribution in [0.3, 0.4) is 0 Å². The van der Waals surface area contributed by atoms with Gasteiger partial charge in [0, 0.05) is 12.7 Å². The zero-order valence-electron chi connectivity index (χ0n) is 8.86. The van der Waals surface area contributed by atoms with Crippen molar-refractivity contribution in [2.45, 2.75) is 19.9 Å². The van der Waals surface area contributed by atoms with Gasteiger partial charge >= 0.3 is 0 Å². The fraction of sp³-hybridized carbons (Fsp3) is 0.300. The van der Waals surface area contributed by atoms with Crippen molar-refractivity contribution < 1.29 is 0 Å². The Labute approximate surface area is 97.2 Å². The van der Waals surface area contributed by atoms with Crippen molar-refractivity contribution in [2.75, 3.05) is 0 Å². The number of pyridine rings is 1. The molecule has 0 bridgehead atoms. The van der Waals surface area contributed by atoms with Crippen molar-refractivity contribution in [1.29, 1.82) is 0 Å². The molecular formula is C10H12N4OS. The zero-order valence-corrected chi connectivity index (χ0v) is 9.67. The summed E-state index contributed by atoms with van der Waals surface area (Å²) >= 11 is 5.11. The lowest BCUT2D eigenvalue weighted by Gasteiger charge is -2.03. The van der Waals surface area contributed by atoms with E-state index in [1.54, 1.807) is 18.3 Å². The van der Waals surface area contributed by atoms with Crippen molar-refractivity contribution in [3.05, 3.63) is 33.5 Å². The molecule has 0 unspecified atom stereocenters. The smallest absolute Gasteiger partial charge is 0.259 e. The van der Waals surface area contributed by atoms with E-state index in [9.17, 15) is 4.79 Å². The summed E-state index contributed by atoms with van der Waals surface area (Å²) in [7, 11) is 0. The molecule has 0 aliphatic heterocycles. The van der Waals surface area contributed by atoms with Crippen LogP contribution in [-0.2, 0) is 6.54 Å². The molecule has 2 N–H and O–H groups in total. The second-order valence-electron chi connectivity index (χ2n) is 3.42. The summed E-state index contributed by atoms with van der Waals surface area (Å²) in [5, 5.41) is 6.80. The molecule has 2 heterocycles. The van der Waals surface area contributed by atoms with Gasteiger partial charge in [-0.3, -0.25) is 9.89 Å². The molecule has 0 amide bonds. The van der Waals surface area contributed by atoms with E-state index in [4.69, 9.17) is 12.2 Å². The second-order valence-corrected chi connectivity index (χ2v) is 3.80. The Hall–Kier alpha value is -1.69. The van der Waals surface area contributed by atoms with Crippen LogP contribution in [0, 0.1) is 4.77 Å². The summed E-state index contributed by atoms with van der Waals surface area (Å²) in [6.07, 6.45) is 2.53. The predicted molar refractivity (Wildman–Crippen MR) is 63.8 cm³/mol. The van der Waals surface area contributed by atoms with Gasteiger partial charge in [0.15, 0.2) is 10.6 Å². The highest BCUT2D eigenvalue weighted by Crippen LogP contribution is 2.12. The third-order valence-electron chi connectivity index (χ3n) is 2.26. The van der Waals surface area contributed by atoms with E-state index in [0.29, 0.717) is 16.2 Å². The number of hydrogen-bond donors (Lipinski definition) is 2. The molecule has 6 heteroatoms. The number of nitrogens with one attached hydrogen (secondary N) is 2. The first-order valence-electron chi connectivity index (χ1n) is 5.07. The third-order valence-corrected chi connectivity index (χ3v) is 2.58. The standard InChI is InChI=1S/C10H12N4OS/c1-2-6-14-8(12-13-10(14)16)7-4-3-5-11-9(7)15/h3-5H,2,6H2,1H3,(H,11,15)(H,13,16). The molecule has 2 aromatic rings. The van der Waals surface area contributed by atoms with Gasteiger partial charge < -0.3 is 9.55 Å². The fourth-order valence-corrected chi connectivity index (χ4v) is 1.78. The van der Waals surface area contributed by atoms with Crippen molar-refractivity contribution >= 4 is 12.2 Å². The van der Waals surface area contributed by atoms with Crippen molar-refractivity contribution in [2.24, 2.45) is 0 Å². The molecule has 0 fully saturated rings. The van der Waals surface area contributed by atoms with Crippen LogP contribution in [0.2, 0.25) is 0 Å². The Balaban J connectivity index is 2.61. The van der Waals surface area contributed by atoms with Crippen molar-refractivity contribution in [3.8, 4) is 11.4 Å². The van der Waals surface area contributed by atoms with Gasteiger partial charge in [0.2, 0.25) is 0 Å². The topological polar surface area (TPSA) is 66.5 Å². The highest BCUT2D eigenvalue weighted by atomic mass is 32.1. The molecule has 5 nitrogen and oxygen atoms in total. The molecule has 0 atom stereocenters. The third kappa shape index (κ3) is 1.83. The molecule has 84 valence electrons. The summed E-state index contributed by atoms with van der Waals surface area (Å²) < 4.78 is 2.38. The number of rotatable bonds is 3. The Morgan fingerprint density at radius 3 is 3.06 bits per heavy atom. The maximum atomic E-state index is 11.6. The van der Waals surface area contributed by atoms with Crippen LogP contribution >= 0.6 is 12.2 Å². The number of hydrogen-bond acceptors (Lipinski definition) is 3. The molecule has 0 aromatic carbocycles. The lowest BCUT2D eigenvalue weighted by molar-refractivity contribution is 0.674. The van der Waals surface area contributed by atoms with E-state index in [-0.39, 0.29) is 5.56 Å². The quantitative estimate of drug-likeness (QED) is 0.797. The first-order valence-corrected chi connectivity index (χ1v) is 5.48. The van der Waals surface area contributed by atoms with Gasteiger partial charge in [-0.25, -0.2) is 0 Å². The SMILES string of the molecule is CCCn1c(-c2ccc[nH]c2=O)n[nH]c1=S. The van der Waals surface area contributed by atoms with E-state index >= 15 is 0 Å². The molecule has 2 aromatic heterocycles. The fourth-order valence-electron chi connectivity index (χ4n) is 1.55. The molecule has 0 radical (unpaired) electrons. The molecule has 0 saturated carbocycles. The number of H-pyrrole nitrogens is 2. The normalized spacial score (nSPS) is 10.6. The van der Waals surface area contributed by atoms with Crippen molar-refractivity contribution in [3.63, 3.8) is 0 Å². The van der Waals surface area contributed by atoms with Crippen LogP contribution in [0.5, 0.6) is 0 Å². The average Bonchev–Trinajstić information content (AvgIpc) is 2.62. The Kier molecular flexibility index (Phi) is 3.00. The molecule has 2 rings (SSSR count). The lowest BCUT2D eigenvalue weighted by Crippen LogP contribution is -2.11. The van der Waals surface area contributed by atoms with Gasteiger partial charge in [-0.15, -0.1) is 0 Å². The van der Waals surface area contributed by atoms with Gasteiger partial charge in [0.05, 0.1) is 5.56 Å². The summed E-state index contributed by atoms with van der Waals surface area (Å²) in [6, 6.07) is 3.50. The molecule has 0 spiro atoms. The summed E-state index contributed by atoms with van der Waals surface area (Å²) in [4.78, 5) is 14.2. The van der Waals surface area contributed by atoms with E-state index < -0.39 is 0 Å². The van der Waals surface area contributed by atoms with Gasteiger partial charge in [-0.2, -0.15) is 5.10 Å². The van der Waals surface area contributed by atoms with E-state index in [0.717, 1.165) is 13.0 Å². The highest BCUT2D eigenvalue weighted by Gasteiger charge is 2.10. The van der Waals surface area contributed by atoms with Crippen LogP contribution in [0.25, 0.3) is 11.4 Å². The molecule has 0 aliphatic carbocycles. The summed E-state index contributed by atoms with van der Waals surface area (Å²) in [5.41, 5.74) is 0.372. The van der Waals surface area contributed by atoms with Gasteiger partial charge in [-0.1, -0.05) is 6.92 Å². The Morgan fingerprint density at radius 1 is 1.56 bits per heavy atom. The van der Waals surface area contributed by atoms with Gasteiger partial charge in [0.25, 0.3) is 5.56 Å². The first-order chi connectivity index (χ1) is 7.74. The minimum Gasteiger partial charge on any atom is -0.328 e. The lowest BCUT2D eigenvalue weighted by atomic mass is 10.2. The minimum absolute atomic E-state index is 0.158.